The number of nitrogens with zero attached hydrogens (tertiary/aromatic N) is 2. The molecule has 2 heterocycles. The Hall–Kier alpha value is -3.54. The van der Waals surface area contributed by atoms with E-state index in [-0.39, 0.29) is 51.2 Å². The molecule has 0 aromatic heterocycles. The van der Waals surface area contributed by atoms with E-state index in [1.54, 1.807) is 0 Å². The highest BCUT2D eigenvalue weighted by molar-refractivity contribution is 6.12. The van der Waals surface area contributed by atoms with Crippen molar-refractivity contribution in [2.75, 3.05) is 19.6 Å². The summed E-state index contributed by atoms with van der Waals surface area (Å²) in [5.41, 5.74) is 0. The van der Waals surface area contributed by atoms with E-state index in [1.165, 1.54) is 17.1 Å². The number of carboxylic acid groups (broad SMARTS) is 1. The van der Waals surface area contributed by atoms with Crippen LogP contribution in [0, 0.1) is 0 Å². The van der Waals surface area contributed by atoms with Crippen LogP contribution >= 0.6 is 0 Å². The largest absolute Gasteiger partial charge is 0.480 e. The van der Waals surface area contributed by atoms with E-state index in [0.717, 1.165) is 17.1 Å². The molecule has 4 N–H and O–H groups in total. The minimum atomic E-state index is -1.35. The summed E-state index contributed by atoms with van der Waals surface area (Å²) in [5.74, 6) is -3.67. The third-order valence-corrected chi connectivity index (χ3v) is 4.64. The maximum atomic E-state index is 12.0. The van der Waals surface area contributed by atoms with E-state index in [9.17, 15) is 39.0 Å². The van der Waals surface area contributed by atoms with Crippen LogP contribution in [0.15, 0.2) is 24.3 Å². The van der Waals surface area contributed by atoms with Gasteiger partial charge in [0.05, 0.1) is 0 Å². The molecule has 2 aliphatic rings. The van der Waals surface area contributed by atoms with Crippen molar-refractivity contribution in [3.63, 3.8) is 0 Å². The normalized spacial score (nSPS) is 18.6. The number of imide groups is 1. The molecule has 12 nitrogen and oxygen atoms in total. The Labute approximate surface area is 177 Å². The summed E-state index contributed by atoms with van der Waals surface area (Å²) in [6.45, 7) is -0.132. The number of hydrogen-bond acceptors (Lipinski definition) is 7. The zero-order chi connectivity index (χ0) is 23.0. The molecule has 12 heteroatoms. The van der Waals surface area contributed by atoms with Crippen molar-refractivity contribution in [3.8, 4) is 0 Å². The standard InChI is InChI=1S/C19H24N4O8/c24-13(3-1-9-22-15(26)5-6-16(22)27)20-11-12(19(30)31)21-14(25)4-2-10-23-17(28)7-8-18(23)29/h5-8,12,15,26H,1-4,9-11H2,(H,20,24)(H,21,25)(H,30,31)/t12-,15?/m0/s1. The lowest BCUT2D eigenvalue weighted by molar-refractivity contribution is -0.142. The first-order valence-corrected chi connectivity index (χ1v) is 9.68. The molecule has 0 saturated heterocycles. The second-order valence-electron chi connectivity index (χ2n) is 6.94. The molecular formula is C19H24N4O8. The molecule has 0 radical (unpaired) electrons. The minimum absolute atomic E-state index is 0.00269. The molecule has 0 aromatic rings. The van der Waals surface area contributed by atoms with Gasteiger partial charge in [-0.05, 0) is 18.9 Å². The Bertz CT molecular complexity index is 804. The zero-order valence-corrected chi connectivity index (χ0v) is 16.7. The van der Waals surface area contributed by atoms with Crippen LogP contribution in [0.2, 0.25) is 0 Å². The molecule has 2 atom stereocenters. The van der Waals surface area contributed by atoms with Crippen LogP contribution < -0.4 is 10.6 Å². The number of carboxylic acids is 1. The quantitative estimate of drug-likeness (QED) is 0.251. The lowest BCUT2D eigenvalue weighted by Crippen LogP contribution is -2.48. The van der Waals surface area contributed by atoms with E-state index < -0.39 is 41.9 Å². The molecule has 0 bridgehead atoms. The van der Waals surface area contributed by atoms with Crippen LogP contribution in [-0.2, 0) is 28.8 Å². The molecule has 0 spiro atoms. The van der Waals surface area contributed by atoms with Gasteiger partial charge >= 0.3 is 5.97 Å². The number of aliphatic hydroxyl groups excluding tert-OH is 1. The fraction of sp³-hybridized carbons (Fsp3) is 0.474. The van der Waals surface area contributed by atoms with Crippen LogP contribution in [-0.4, -0.2) is 87.4 Å². The number of nitrogens with one attached hydrogen (secondary N) is 2. The predicted octanol–water partition coefficient (Wildman–Crippen LogP) is -2.13. The van der Waals surface area contributed by atoms with E-state index in [4.69, 9.17) is 0 Å². The van der Waals surface area contributed by atoms with Gasteiger partial charge < -0.3 is 25.7 Å². The first-order chi connectivity index (χ1) is 14.7. The number of carbonyl (C=O) groups is 6. The van der Waals surface area contributed by atoms with E-state index >= 15 is 0 Å². The van der Waals surface area contributed by atoms with Crippen LogP contribution in [0.25, 0.3) is 0 Å². The molecule has 2 rings (SSSR count). The molecule has 31 heavy (non-hydrogen) atoms. The van der Waals surface area contributed by atoms with Crippen molar-refractivity contribution in [2.45, 2.75) is 38.0 Å². The summed E-state index contributed by atoms with van der Waals surface area (Å²) in [7, 11) is 0. The highest BCUT2D eigenvalue weighted by Crippen LogP contribution is 2.09. The fourth-order valence-corrected chi connectivity index (χ4v) is 2.97. The number of amides is 5. The van der Waals surface area contributed by atoms with Crippen molar-refractivity contribution in [1.29, 1.82) is 0 Å². The summed E-state index contributed by atoms with van der Waals surface area (Å²) >= 11 is 0. The average molecular weight is 436 g/mol. The number of rotatable bonds is 12. The summed E-state index contributed by atoms with van der Waals surface area (Å²) in [6, 6.07) is -1.35. The summed E-state index contributed by atoms with van der Waals surface area (Å²) in [4.78, 5) is 71.7. The van der Waals surface area contributed by atoms with Gasteiger partial charge in [-0.3, -0.25) is 28.9 Å². The lowest BCUT2D eigenvalue weighted by atomic mass is 10.2. The van der Waals surface area contributed by atoms with Crippen LogP contribution in [0.4, 0.5) is 0 Å². The van der Waals surface area contributed by atoms with E-state index in [2.05, 4.69) is 10.6 Å². The van der Waals surface area contributed by atoms with Crippen molar-refractivity contribution in [1.82, 2.24) is 20.4 Å². The monoisotopic (exact) mass is 436 g/mol. The summed E-state index contributed by atoms with van der Waals surface area (Å²) in [6.07, 6.45) is 4.16. The minimum Gasteiger partial charge on any atom is -0.480 e. The Morgan fingerprint density at radius 3 is 2.13 bits per heavy atom. The van der Waals surface area contributed by atoms with Crippen molar-refractivity contribution in [3.05, 3.63) is 24.3 Å². The van der Waals surface area contributed by atoms with Gasteiger partial charge in [-0.2, -0.15) is 0 Å². The molecule has 2 aliphatic heterocycles. The molecular weight excluding hydrogens is 412 g/mol. The van der Waals surface area contributed by atoms with Gasteiger partial charge in [-0.1, -0.05) is 0 Å². The van der Waals surface area contributed by atoms with Crippen LogP contribution in [0.5, 0.6) is 0 Å². The third-order valence-electron chi connectivity index (χ3n) is 4.64. The van der Waals surface area contributed by atoms with Crippen molar-refractivity contribution < 1.29 is 39.0 Å². The number of aliphatic hydroxyl groups is 1. The molecule has 1 unspecified atom stereocenters. The number of aliphatic carboxylic acids is 1. The molecule has 0 aromatic carbocycles. The molecule has 0 fully saturated rings. The molecule has 168 valence electrons. The van der Waals surface area contributed by atoms with Gasteiger partial charge in [0.2, 0.25) is 17.7 Å². The van der Waals surface area contributed by atoms with Gasteiger partial charge in [0.1, 0.15) is 12.3 Å². The Balaban J connectivity index is 1.65. The first kappa shape index (κ1) is 23.7. The van der Waals surface area contributed by atoms with Gasteiger partial charge in [-0.25, -0.2) is 4.79 Å². The predicted molar refractivity (Wildman–Crippen MR) is 104 cm³/mol. The Kier molecular flexibility index (Phi) is 8.43. The second-order valence-corrected chi connectivity index (χ2v) is 6.94. The van der Waals surface area contributed by atoms with Crippen LogP contribution in [0.1, 0.15) is 25.7 Å². The van der Waals surface area contributed by atoms with E-state index in [1.807, 2.05) is 0 Å². The number of hydrogen-bond donors (Lipinski definition) is 4. The number of carbonyl (C=O) groups excluding carboxylic acids is 5. The zero-order valence-electron chi connectivity index (χ0n) is 16.7. The summed E-state index contributed by atoms with van der Waals surface area (Å²) in [5, 5.41) is 23.5. The lowest BCUT2D eigenvalue weighted by Gasteiger charge is -2.20. The van der Waals surface area contributed by atoms with Gasteiger partial charge in [0, 0.05) is 50.7 Å². The highest BCUT2D eigenvalue weighted by Gasteiger charge is 2.25. The summed E-state index contributed by atoms with van der Waals surface area (Å²) < 4.78 is 0. The smallest absolute Gasteiger partial charge is 0.328 e. The van der Waals surface area contributed by atoms with Crippen molar-refractivity contribution >= 4 is 35.5 Å². The van der Waals surface area contributed by atoms with E-state index in [0.29, 0.717) is 0 Å². The maximum absolute atomic E-state index is 12.0. The Morgan fingerprint density at radius 1 is 0.935 bits per heavy atom. The topological polar surface area (TPSA) is 173 Å². The molecule has 0 saturated carbocycles. The molecule has 0 aliphatic carbocycles. The Morgan fingerprint density at radius 2 is 1.55 bits per heavy atom. The van der Waals surface area contributed by atoms with Gasteiger partial charge in [0.25, 0.3) is 11.8 Å². The van der Waals surface area contributed by atoms with Crippen LogP contribution in [0.3, 0.4) is 0 Å². The second kappa shape index (κ2) is 11.0. The first-order valence-electron chi connectivity index (χ1n) is 9.68. The average Bonchev–Trinajstić information content (AvgIpc) is 3.20. The van der Waals surface area contributed by atoms with Crippen molar-refractivity contribution in [2.24, 2.45) is 0 Å². The third kappa shape index (κ3) is 7.03. The molecule has 5 amide bonds. The SMILES string of the molecule is O=C(CCCN1C(=O)C=CC1O)NC[C@H](NC(=O)CCCN1C(=O)C=CC1=O)C(=O)O. The van der Waals surface area contributed by atoms with Gasteiger partial charge in [0.15, 0.2) is 0 Å². The fourth-order valence-electron chi connectivity index (χ4n) is 2.97. The maximum Gasteiger partial charge on any atom is 0.328 e. The highest BCUT2D eigenvalue weighted by atomic mass is 16.4. The van der Waals surface area contributed by atoms with Gasteiger partial charge in [-0.15, -0.1) is 0 Å².